The molecule has 1 saturated heterocycles. The number of ether oxygens (including phenoxy) is 1. The summed E-state index contributed by atoms with van der Waals surface area (Å²) in [5.74, 6) is -0.298. The van der Waals surface area contributed by atoms with Crippen molar-refractivity contribution in [2.24, 2.45) is 10.5 Å². The fourth-order valence-corrected chi connectivity index (χ4v) is 6.07. The Labute approximate surface area is 234 Å². The van der Waals surface area contributed by atoms with Gasteiger partial charge < -0.3 is 14.5 Å². The van der Waals surface area contributed by atoms with Crippen molar-refractivity contribution in [2.75, 3.05) is 41.0 Å². The first-order valence-corrected chi connectivity index (χ1v) is 13.3. The third-order valence-corrected chi connectivity index (χ3v) is 8.06. The Balaban J connectivity index is 1.41. The van der Waals surface area contributed by atoms with Crippen LogP contribution in [0.25, 0.3) is 0 Å². The quantitative estimate of drug-likeness (QED) is 0.436. The van der Waals surface area contributed by atoms with Crippen molar-refractivity contribution in [3.05, 3.63) is 77.6 Å². The van der Waals surface area contributed by atoms with Crippen LogP contribution in [0.2, 0.25) is 0 Å². The van der Waals surface area contributed by atoms with Gasteiger partial charge in [-0.3, -0.25) is 4.79 Å². The lowest BCUT2D eigenvalue weighted by Crippen LogP contribution is -2.67. The van der Waals surface area contributed by atoms with Crippen LogP contribution in [0.5, 0.6) is 0 Å². The Hall–Kier alpha value is -4.48. The summed E-state index contributed by atoms with van der Waals surface area (Å²) in [5.41, 5.74) is 0.423. The highest BCUT2D eigenvalue weighted by Gasteiger charge is 2.60. The number of carbonyl (C=O) groups is 2. The van der Waals surface area contributed by atoms with Gasteiger partial charge in [0.25, 0.3) is 5.91 Å². The van der Waals surface area contributed by atoms with Crippen LogP contribution in [0.15, 0.2) is 66.0 Å². The van der Waals surface area contributed by atoms with Gasteiger partial charge in [0.15, 0.2) is 0 Å². The minimum absolute atomic E-state index is 0.0580. The number of benzene rings is 2. The second kappa shape index (κ2) is 9.86. The standard InChI is InChI=1S/C29H27F3N6O3/c1-3-41-25(39)19-5-8-22(9-6-19)38-26(40)28(18(2)35-38)16-20-15-21(29(30,31)32)7-10-23(20)37-14-13-36(17-24(28)37)27-33-11-4-12-34-27/h4-12,15,24H,3,13-14,16-17H2,1-2H3/t24-,28-/m0/s1. The number of amides is 1. The fraction of sp³-hybridized carbons (Fsp3) is 0.345. The smallest absolute Gasteiger partial charge is 0.416 e. The average molecular weight is 565 g/mol. The number of piperazine rings is 1. The molecule has 0 radical (unpaired) electrons. The van der Waals surface area contributed by atoms with E-state index in [0.717, 1.165) is 12.1 Å². The highest BCUT2D eigenvalue weighted by Crippen LogP contribution is 2.49. The molecule has 4 heterocycles. The number of hydrogen-bond donors (Lipinski definition) is 0. The number of esters is 1. The van der Waals surface area contributed by atoms with Crippen molar-refractivity contribution in [1.29, 1.82) is 0 Å². The first-order chi connectivity index (χ1) is 19.6. The summed E-state index contributed by atoms with van der Waals surface area (Å²) in [6.07, 6.45) is -1.16. The van der Waals surface area contributed by atoms with Gasteiger partial charge in [0.1, 0.15) is 5.41 Å². The highest BCUT2D eigenvalue weighted by atomic mass is 19.4. The molecule has 2 atom stereocenters. The van der Waals surface area contributed by atoms with Crippen LogP contribution in [0.3, 0.4) is 0 Å². The molecule has 212 valence electrons. The van der Waals surface area contributed by atoms with E-state index >= 15 is 0 Å². The molecule has 3 aliphatic rings. The summed E-state index contributed by atoms with van der Waals surface area (Å²) in [6, 6.07) is 11.4. The first-order valence-electron chi connectivity index (χ1n) is 13.3. The molecule has 41 heavy (non-hydrogen) atoms. The molecule has 0 aliphatic carbocycles. The highest BCUT2D eigenvalue weighted by molar-refractivity contribution is 6.20. The van der Waals surface area contributed by atoms with Gasteiger partial charge in [-0.25, -0.2) is 14.8 Å². The second-order valence-electron chi connectivity index (χ2n) is 10.3. The number of anilines is 3. The van der Waals surface area contributed by atoms with Gasteiger partial charge in [-0.1, -0.05) is 0 Å². The van der Waals surface area contributed by atoms with Crippen LogP contribution in [-0.2, 0) is 22.1 Å². The molecule has 3 aromatic rings. The Bertz CT molecular complexity index is 1530. The van der Waals surface area contributed by atoms with E-state index in [1.54, 1.807) is 56.6 Å². The lowest BCUT2D eigenvalue weighted by Gasteiger charge is -2.53. The third kappa shape index (κ3) is 4.37. The number of hydrazone groups is 1. The van der Waals surface area contributed by atoms with Crippen LogP contribution in [0.4, 0.5) is 30.5 Å². The zero-order chi connectivity index (χ0) is 28.9. The van der Waals surface area contributed by atoms with Gasteiger partial charge in [-0.05, 0) is 74.4 Å². The molecule has 0 N–H and O–H groups in total. The van der Waals surface area contributed by atoms with Crippen molar-refractivity contribution in [1.82, 2.24) is 9.97 Å². The number of carbonyl (C=O) groups excluding carboxylic acids is 2. The molecule has 0 unspecified atom stereocenters. The molecule has 2 aromatic carbocycles. The Morgan fingerprint density at radius 2 is 1.83 bits per heavy atom. The monoisotopic (exact) mass is 564 g/mol. The van der Waals surface area contributed by atoms with Crippen LogP contribution >= 0.6 is 0 Å². The number of nitrogens with zero attached hydrogens (tertiary/aromatic N) is 6. The van der Waals surface area contributed by atoms with Crippen LogP contribution in [0, 0.1) is 5.41 Å². The summed E-state index contributed by atoms with van der Waals surface area (Å²) in [6.45, 7) is 5.06. The van der Waals surface area contributed by atoms with Crippen LogP contribution in [-0.4, -0.2) is 59.8 Å². The zero-order valence-corrected chi connectivity index (χ0v) is 22.4. The summed E-state index contributed by atoms with van der Waals surface area (Å²) < 4.78 is 46.2. The summed E-state index contributed by atoms with van der Waals surface area (Å²) in [5, 5.41) is 5.94. The van der Waals surface area contributed by atoms with Crippen molar-refractivity contribution in [3.8, 4) is 0 Å². The molecule has 3 aliphatic heterocycles. The third-order valence-electron chi connectivity index (χ3n) is 8.06. The normalized spacial score (nSPS) is 22.0. The van der Waals surface area contributed by atoms with Crippen molar-refractivity contribution >= 4 is 34.9 Å². The zero-order valence-electron chi connectivity index (χ0n) is 22.4. The molecular formula is C29H27F3N6O3. The van der Waals surface area contributed by atoms with Gasteiger partial charge in [0, 0.05) is 37.7 Å². The average Bonchev–Trinajstić information content (AvgIpc) is 3.22. The minimum atomic E-state index is -4.52. The Morgan fingerprint density at radius 1 is 1.10 bits per heavy atom. The second-order valence-corrected chi connectivity index (χ2v) is 10.3. The molecule has 1 amide bonds. The molecule has 12 heteroatoms. The van der Waals surface area contributed by atoms with Gasteiger partial charge in [-0.2, -0.15) is 23.3 Å². The minimum Gasteiger partial charge on any atom is -0.462 e. The van der Waals surface area contributed by atoms with E-state index < -0.39 is 29.2 Å². The maximum Gasteiger partial charge on any atom is 0.416 e. The largest absolute Gasteiger partial charge is 0.462 e. The maximum atomic E-state index is 14.4. The maximum absolute atomic E-state index is 14.4. The molecular weight excluding hydrogens is 537 g/mol. The van der Waals surface area contributed by atoms with Gasteiger partial charge in [0.2, 0.25) is 5.95 Å². The molecule has 0 bridgehead atoms. The predicted molar refractivity (Wildman–Crippen MR) is 146 cm³/mol. The van der Waals surface area contributed by atoms with Crippen molar-refractivity contribution in [3.63, 3.8) is 0 Å². The van der Waals surface area contributed by atoms with Gasteiger partial charge in [-0.15, -0.1) is 0 Å². The Morgan fingerprint density at radius 3 is 2.51 bits per heavy atom. The molecule has 1 spiro atoms. The molecule has 6 rings (SSSR count). The number of rotatable bonds is 4. The first kappa shape index (κ1) is 26.7. The van der Waals surface area contributed by atoms with E-state index in [4.69, 9.17) is 4.74 Å². The fourth-order valence-electron chi connectivity index (χ4n) is 6.07. The van der Waals surface area contributed by atoms with E-state index in [2.05, 4.69) is 15.1 Å². The van der Waals surface area contributed by atoms with E-state index in [1.807, 2.05) is 9.80 Å². The predicted octanol–water partition coefficient (Wildman–Crippen LogP) is 4.33. The summed E-state index contributed by atoms with van der Waals surface area (Å²) >= 11 is 0. The number of fused-ring (bicyclic) bond motifs is 4. The van der Waals surface area contributed by atoms with Gasteiger partial charge >= 0.3 is 12.1 Å². The molecule has 9 nitrogen and oxygen atoms in total. The van der Waals surface area contributed by atoms with E-state index in [9.17, 15) is 22.8 Å². The number of alkyl halides is 3. The molecule has 1 aromatic heterocycles. The number of hydrogen-bond acceptors (Lipinski definition) is 8. The lowest BCUT2D eigenvalue weighted by molar-refractivity contribution is -0.137. The SMILES string of the molecule is CCOC(=O)c1ccc(N2N=C(C)[C@]3(Cc4cc(C(F)(F)F)ccc4N4CCN(c5ncccn5)C[C@H]43)C2=O)cc1. The summed E-state index contributed by atoms with van der Waals surface area (Å²) in [7, 11) is 0. The van der Waals surface area contributed by atoms with Crippen LogP contribution < -0.4 is 14.8 Å². The molecule has 0 saturated carbocycles. The summed E-state index contributed by atoms with van der Waals surface area (Å²) in [4.78, 5) is 39.3. The number of halogens is 3. The van der Waals surface area contributed by atoms with E-state index in [-0.39, 0.29) is 18.9 Å². The van der Waals surface area contributed by atoms with Crippen molar-refractivity contribution < 1.29 is 27.5 Å². The Kier molecular flexibility index (Phi) is 6.43. The lowest BCUT2D eigenvalue weighted by atomic mass is 9.67. The van der Waals surface area contributed by atoms with Crippen molar-refractivity contribution in [2.45, 2.75) is 32.5 Å². The van der Waals surface area contributed by atoms with E-state index in [0.29, 0.717) is 53.8 Å². The topological polar surface area (TPSA) is 91.2 Å². The van der Waals surface area contributed by atoms with Crippen LogP contribution in [0.1, 0.15) is 35.3 Å². The van der Waals surface area contributed by atoms with E-state index in [1.165, 1.54) is 11.1 Å². The number of aromatic nitrogens is 2. The van der Waals surface area contributed by atoms with Gasteiger partial charge in [0.05, 0.1) is 35.2 Å². The molecule has 1 fully saturated rings.